The van der Waals surface area contributed by atoms with E-state index in [1.807, 2.05) is 30.3 Å². The van der Waals surface area contributed by atoms with Crippen LogP contribution in [0.5, 0.6) is 0 Å². The summed E-state index contributed by atoms with van der Waals surface area (Å²) in [4.78, 5) is 0. The van der Waals surface area contributed by atoms with Gasteiger partial charge in [-0.15, -0.1) is 10.2 Å². The van der Waals surface area contributed by atoms with Gasteiger partial charge in [0, 0.05) is 22.0 Å². The minimum Gasteiger partial charge on any atom is -0.338 e. The molecule has 0 aliphatic carbocycles. The van der Waals surface area contributed by atoms with Crippen LogP contribution in [0.2, 0.25) is 0 Å². The van der Waals surface area contributed by atoms with E-state index in [2.05, 4.69) is 71.8 Å². The molecule has 3 heteroatoms. The minimum atomic E-state index is 0.781. The molecule has 0 aliphatic heterocycles. The smallest absolute Gasteiger partial charge is 0.161 e. The van der Waals surface area contributed by atoms with Gasteiger partial charge in [0.15, 0.2) is 5.82 Å². The average Bonchev–Trinajstić information content (AvgIpc) is 2.66. The first-order valence-electron chi connectivity index (χ1n) is 8.38. The Hall–Kier alpha value is -3.20. The molecule has 122 valence electrons. The number of nitrogens with zero attached hydrogens (tertiary/aromatic N) is 2. The van der Waals surface area contributed by atoms with Crippen LogP contribution in [0.1, 0.15) is 11.1 Å². The van der Waals surface area contributed by atoms with Gasteiger partial charge < -0.3 is 5.32 Å². The SMILES string of the molecule is Cc1cccc(Nc2nnc(-c3ccccc3)c3ccccc23)c1C. The maximum Gasteiger partial charge on any atom is 0.161 e. The fourth-order valence-corrected chi connectivity index (χ4v) is 3.02. The molecule has 1 N–H and O–H groups in total. The molecule has 0 spiro atoms. The fraction of sp³-hybridized carbons (Fsp3) is 0.0909. The minimum absolute atomic E-state index is 0.781. The summed E-state index contributed by atoms with van der Waals surface area (Å²) in [5, 5.41) is 14.6. The van der Waals surface area contributed by atoms with E-state index in [0.717, 1.165) is 33.5 Å². The molecule has 0 bridgehead atoms. The number of aromatic nitrogens is 2. The largest absolute Gasteiger partial charge is 0.338 e. The van der Waals surface area contributed by atoms with Crippen LogP contribution in [0, 0.1) is 13.8 Å². The van der Waals surface area contributed by atoms with Crippen molar-refractivity contribution in [3.8, 4) is 11.3 Å². The second-order valence-electron chi connectivity index (χ2n) is 6.18. The first-order chi connectivity index (χ1) is 12.2. The van der Waals surface area contributed by atoms with E-state index in [9.17, 15) is 0 Å². The van der Waals surface area contributed by atoms with Crippen molar-refractivity contribution in [3.05, 3.63) is 83.9 Å². The maximum atomic E-state index is 4.51. The highest BCUT2D eigenvalue weighted by Crippen LogP contribution is 2.31. The lowest BCUT2D eigenvalue weighted by atomic mass is 10.0. The second kappa shape index (κ2) is 6.36. The van der Waals surface area contributed by atoms with Crippen LogP contribution in [0.3, 0.4) is 0 Å². The van der Waals surface area contributed by atoms with Crippen LogP contribution < -0.4 is 5.32 Å². The van der Waals surface area contributed by atoms with Gasteiger partial charge in [0.25, 0.3) is 0 Å². The van der Waals surface area contributed by atoms with Crippen molar-refractivity contribution in [1.82, 2.24) is 10.2 Å². The van der Waals surface area contributed by atoms with Gasteiger partial charge in [0.05, 0.1) is 0 Å². The summed E-state index contributed by atoms with van der Waals surface area (Å²) < 4.78 is 0. The van der Waals surface area contributed by atoms with Gasteiger partial charge in [0.2, 0.25) is 0 Å². The summed E-state index contributed by atoms with van der Waals surface area (Å²) in [6, 6.07) is 24.7. The number of benzene rings is 3. The van der Waals surface area contributed by atoms with E-state index in [1.165, 1.54) is 11.1 Å². The Labute approximate surface area is 147 Å². The average molecular weight is 325 g/mol. The molecule has 3 nitrogen and oxygen atoms in total. The lowest BCUT2D eigenvalue weighted by molar-refractivity contribution is 1.06. The number of hydrogen-bond donors (Lipinski definition) is 1. The van der Waals surface area contributed by atoms with Gasteiger partial charge >= 0.3 is 0 Å². The van der Waals surface area contributed by atoms with E-state index in [1.54, 1.807) is 0 Å². The zero-order valence-corrected chi connectivity index (χ0v) is 14.3. The lowest BCUT2D eigenvalue weighted by Gasteiger charge is -2.13. The quantitative estimate of drug-likeness (QED) is 0.528. The molecular weight excluding hydrogens is 306 g/mol. The molecular formula is C22H19N3. The molecule has 0 amide bonds. The Balaban J connectivity index is 1.86. The van der Waals surface area contributed by atoms with Gasteiger partial charge in [-0.3, -0.25) is 0 Å². The third kappa shape index (κ3) is 2.85. The number of hydrogen-bond acceptors (Lipinski definition) is 3. The van der Waals surface area contributed by atoms with Crippen molar-refractivity contribution in [1.29, 1.82) is 0 Å². The zero-order valence-electron chi connectivity index (χ0n) is 14.3. The van der Waals surface area contributed by atoms with Gasteiger partial charge in [-0.1, -0.05) is 66.7 Å². The Morgan fingerprint density at radius 2 is 1.40 bits per heavy atom. The number of nitrogens with one attached hydrogen (secondary N) is 1. The number of rotatable bonds is 3. The summed E-state index contributed by atoms with van der Waals surface area (Å²) >= 11 is 0. The number of anilines is 2. The van der Waals surface area contributed by atoms with E-state index in [4.69, 9.17) is 0 Å². The van der Waals surface area contributed by atoms with E-state index >= 15 is 0 Å². The van der Waals surface area contributed by atoms with Gasteiger partial charge in [0.1, 0.15) is 5.69 Å². The Morgan fingerprint density at radius 1 is 0.680 bits per heavy atom. The topological polar surface area (TPSA) is 37.8 Å². The fourth-order valence-electron chi connectivity index (χ4n) is 3.02. The summed E-state index contributed by atoms with van der Waals surface area (Å²) in [5.41, 5.74) is 5.52. The number of aryl methyl sites for hydroxylation is 1. The monoisotopic (exact) mass is 325 g/mol. The van der Waals surface area contributed by atoms with Crippen LogP contribution in [-0.2, 0) is 0 Å². The predicted molar refractivity (Wildman–Crippen MR) is 104 cm³/mol. The molecule has 0 saturated heterocycles. The van der Waals surface area contributed by atoms with Gasteiger partial charge in [-0.25, -0.2) is 0 Å². The third-order valence-corrected chi connectivity index (χ3v) is 4.59. The van der Waals surface area contributed by atoms with Crippen LogP contribution in [-0.4, -0.2) is 10.2 Å². The molecule has 3 aromatic carbocycles. The lowest BCUT2D eigenvalue weighted by Crippen LogP contribution is -2.01. The molecule has 0 unspecified atom stereocenters. The Bertz CT molecular complexity index is 1040. The van der Waals surface area contributed by atoms with Crippen molar-refractivity contribution < 1.29 is 0 Å². The summed E-state index contributed by atoms with van der Waals surface area (Å²) in [6.45, 7) is 4.23. The highest BCUT2D eigenvalue weighted by Gasteiger charge is 2.11. The molecule has 0 fully saturated rings. The standard InChI is InChI=1S/C22H19N3/c1-15-9-8-14-20(16(15)2)23-22-19-13-7-6-12-18(19)21(24-25-22)17-10-4-3-5-11-17/h3-14H,1-2H3,(H,23,25). The Kier molecular flexibility index (Phi) is 3.90. The maximum absolute atomic E-state index is 4.51. The van der Waals surface area contributed by atoms with Crippen molar-refractivity contribution in [2.24, 2.45) is 0 Å². The van der Waals surface area contributed by atoms with Gasteiger partial charge in [-0.2, -0.15) is 0 Å². The molecule has 4 rings (SSSR count). The highest BCUT2D eigenvalue weighted by molar-refractivity contribution is 6.00. The first kappa shape index (κ1) is 15.3. The molecule has 1 aromatic heterocycles. The zero-order chi connectivity index (χ0) is 17.2. The van der Waals surface area contributed by atoms with Crippen LogP contribution in [0.4, 0.5) is 11.5 Å². The summed E-state index contributed by atoms with van der Waals surface area (Å²) in [6.07, 6.45) is 0. The molecule has 0 atom stereocenters. The molecule has 0 aliphatic rings. The van der Waals surface area contributed by atoms with Crippen molar-refractivity contribution in [2.75, 3.05) is 5.32 Å². The summed E-state index contributed by atoms with van der Waals surface area (Å²) in [5.74, 6) is 0.781. The highest BCUT2D eigenvalue weighted by atomic mass is 15.2. The van der Waals surface area contributed by atoms with Crippen molar-refractivity contribution >= 4 is 22.3 Å². The normalized spacial score (nSPS) is 10.8. The number of fused-ring (bicyclic) bond motifs is 1. The molecule has 1 heterocycles. The van der Waals surface area contributed by atoms with E-state index in [0.29, 0.717) is 0 Å². The molecule has 25 heavy (non-hydrogen) atoms. The van der Waals surface area contributed by atoms with Crippen LogP contribution in [0.15, 0.2) is 72.8 Å². The van der Waals surface area contributed by atoms with Crippen LogP contribution in [0.25, 0.3) is 22.0 Å². The van der Waals surface area contributed by atoms with Crippen molar-refractivity contribution in [3.63, 3.8) is 0 Å². The third-order valence-electron chi connectivity index (χ3n) is 4.59. The summed E-state index contributed by atoms with van der Waals surface area (Å²) in [7, 11) is 0. The van der Waals surface area contributed by atoms with E-state index < -0.39 is 0 Å². The van der Waals surface area contributed by atoms with Crippen LogP contribution >= 0.6 is 0 Å². The molecule has 4 aromatic rings. The van der Waals surface area contributed by atoms with Gasteiger partial charge in [-0.05, 0) is 31.0 Å². The first-order valence-corrected chi connectivity index (χ1v) is 8.38. The molecule has 0 radical (unpaired) electrons. The second-order valence-corrected chi connectivity index (χ2v) is 6.18. The molecule has 0 saturated carbocycles. The van der Waals surface area contributed by atoms with E-state index in [-0.39, 0.29) is 0 Å². The van der Waals surface area contributed by atoms with Crippen molar-refractivity contribution in [2.45, 2.75) is 13.8 Å². The predicted octanol–water partition coefficient (Wildman–Crippen LogP) is 5.66. The Morgan fingerprint density at radius 3 is 2.20 bits per heavy atom.